The Morgan fingerprint density at radius 2 is 1.96 bits per heavy atom. The summed E-state index contributed by atoms with van der Waals surface area (Å²) in [4.78, 5) is 22.4. The van der Waals surface area contributed by atoms with E-state index in [1.54, 1.807) is 11.8 Å². The minimum Gasteiger partial charge on any atom is -0.450 e. The Hall–Kier alpha value is -1.49. The van der Waals surface area contributed by atoms with Crippen molar-refractivity contribution in [1.29, 1.82) is 0 Å². The van der Waals surface area contributed by atoms with Gasteiger partial charge in [0, 0.05) is 16.5 Å². The molecule has 1 rings (SSSR count). The molecule has 5 heteroatoms. The van der Waals surface area contributed by atoms with Gasteiger partial charge in [0.05, 0.1) is 6.61 Å². The Morgan fingerprint density at radius 3 is 2.54 bits per heavy atom. The van der Waals surface area contributed by atoms with Gasteiger partial charge in [-0.25, -0.2) is 4.79 Å². The molecule has 0 spiro atoms. The third-order valence-electron chi connectivity index (χ3n) is 3.54. The van der Waals surface area contributed by atoms with Crippen molar-refractivity contribution in [2.75, 3.05) is 12.4 Å². The zero-order valence-corrected chi connectivity index (χ0v) is 15.9. The number of carbonyl (C=O) groups excluding carboxylic acids is 2. The number of ether oxygens (including phenoxy) is 1. The van der Waals surface area contributed by atoms with Crippen LogP contribution in [0.3, 0.4) is 0 Å². The first-order valence-corrected chi connectivity index (χ1v) is 9.42. The fourth-order valence-electron chi connectivity index (χ4n) is 2.38. The second-order valence-electron chi connectivity index (χ2n) is 6.97. The van der Waals surface area contributed by atoms with E-state index >= 15 is 0 Å². The van der Waals surface area contributed by atoms with Crippen molar-refractivity contribution < 1.29 is 14.3 Å². The van der Waals surface area contributed by atoms with Crippen LogP contribution >= 0.6 is 11.8 Å². The lowest BCUT2D eigenvalue weighted by atomic mass is 9.95. The van der Waals surface area contributed by atoms with Crippen LogP contribution in [0.15, 0.2) is 30.3 Å². The lowest BCUT2D eigenvalue weighted by Crippen LogP contribution is -2.41. The molecule has 0 aliphatic heterocycles. The van der Waals surface area contributed by atoms with Crippen LogP contribution in [-0.2, 0) is 9.53 Å². The second kappa shape index (κ2) is 10.4. The third-order valence-corrected chi connectivity index (χ3v) is 4.76. The van der Waals surface area contributed by atoms with Crippen LogP contribution in [0.25, 0.3) is 0 Å². The van der Waals surface area contributed by atoms with Gasteiger partial charge < -0.3 is 14.8 Å². The predicted octanol–water partition coefficient (Wildman–Crippen LogP) is 4.40. The molecule has 0 saturated carbocycles. The van der Waals surface area contributed by atoms with Crippen molar-refractivity contribution in [2.45, 2.75) is 57.2 Å². The quantitative estimate of drug-likeness (QED) is 0.670. The van der Waals surface area contributed by atoms with E-state index in [0.717, 1.165) is 19.1 Å². The van der Waals surface area contributed by atoms with E-state index in [1.807, 2.05) is 39.0 Å². The number of aldehydes is 1. The molecule has 0 radical (unpaired) electrons. The highest BCUT2D eigenvalue weighted by molar-refractivity contribution is 8.00. The van der Waals surface area contributed by atoms with Crippen molar-refractivity contribution >= 4 is 24.1 Å². The van der Waals surface area contributed by atoms with E-state index < -0.39 is 6.09 Å². The number of rotatable bonds is 9. The van der Waals surface area contributed by atoms with Crippen molar-refractivity contribution in [3.63, 3.8) is 0 Å². The zero-order valence-electron chi connectivity index (χ0n) is 15.1. The fraction of sp³-hybridized carbons (Fsp3) is 0.579. The highest BCUT2D eigenvalue weighted by Crippen LogP contribution is 2.28. The molecule has 4 nitrogen and oxygen atoms in total. The summed E-state index contributed by atoms with van der Waals surface area (Å²) in [6.07, 6.45) is 2.23. The van der Waals surface area contributed by atoms with Gasteiger partial charge in [0.25, 0.3) is 0 Å². The first kappa shape index (κ1) is 20.6. The molecule has 1 N–H and O–H groups in total. The van der Waals surface area contributed by atoms with E-state index in [-0.39, 0.29) is 10.8 Å². The van der Waals surface area contributed by atoms with Gasteiger partial charge in [0.2, 0.25) is 0 Å². The summed E-state index contributed by atoms with van der Waals surface area (Å²) in [7, 11) is 0. The topological polar surface area (TPSA) is 55.4 Å². The number of thioether (sulfide) groups is 1. The van der Waals surface area contributed by atoms with Gasteiger partial charge in [-0.15, -0.1) is 0 Å². The van der Waals surface area contributed by atoms with E-state index in [1.165, 1.54) is 5.56 Å². The molecule has 1 amide bonds. The van der Waals surface area contributed by atoms with Gasteiger partial charge in [-0.3, -0.25) is 0 Å². The Balaban J connectivity index is 2.47. The number of hydrogen-bond donors (Lipinski definition) is 1. The number of hydrogen-bond acceptors (Lipinski definition) is 4. The van der Waals surface area contributed by atoms with E-state index in [9.17, 15) is 9.59 Å². The summed E-state index contributed by atoms with van der Waals surface area (Å²) in [5.41, 5.74) is 0.991. The molecule has 1 aromatic carbocycles. The van der Waals surface area contributed by atoms with Gasteiger partial charge in [-0.05, 0) is 45.1 Å². The second-order valence-corrected chi connectivity index (χ2v) is 8.30. The molecule has 2 atom stereocenters. The molecule has 2 unspecified atom stereocenters. The highest BCUT2D eigenvalue weighted by atomic mass is 32.2. The van der Waals surface area contributed by atoms with Crippen LogP contribution in [0.2, 0.25) is 0 Å². The maximum Gasteiger partial charge on any atom is 0.407 e. The molecule has 0 aliphatic carbocycles. The molecule has 0 bridgehead atoms. The number of nitrogens with one attached hydrogen (secondary N) is 1. The van der Waals surface area contributed by atoms with E-state index in [2.05, 4.69) is 24.4 Å². The lowest BCUT2D eigenvalue weighted by Gasteiger charge is -2.22. The Morgan fingerprint density at radius 1 is 1.29 bits per heavy atom. The normalized spacial score (nSPS) is 13.8. The average Bonchev–Trinajstić information content (AvgIpc) is 2.51. The summed E-state index contributed by atoms with van der Waals surface area (Å²) >= 11 is 1.63. The lowest BCUT2D eigenvalue weighted by molar-refractivity contribution is -0.105. The highest BCUT2D eigenvalue weighted by Gasteiger charge is 2.18. The molecule has 0 fully saturated rings. The maximum atomic E-state index is 11.7. The molecule has 134 valence electrons. The van der Waals surface area contributed by atoms with Gasteiger partial charge >= 0.3 is 6.09 Å². The summed E-state index contributed by atoms with van der Waals surface area (Å²) in [6.45, 7) is 8.30. The molecule has 24 heavy (non-hydrogen) atoms. The first-order chi connectivity index (χ1) is 11.3. The van der Waals surface area contributed by atoms with Crippen LogP contribution < -0.4 is 5.32 Å². The van der Waals surface area contributed by atoms with Crippen molar-refractivity contribution in [1.82, 2.24) is 5.32 Å². The summed E-state index contributed by atoms with van der Waals surface area (Å²) < 4.78 is 5.26. The van der Waals surface area contributed by atoms with Gasteiger partial charge in [-0.1, -0.05) is 37.3 Å². The molecule has 0 aromatic heterocycles. The predicted molar refractivity (Wildman–Crippen MR) is 101 cm³/mol. The Labute approximate surface area is 149 Å². The molecular formula is C19H29NO3S. The van der Waals surface area contributed by atoms with Gasteiger partial charge in [0.15, 0.2) is 0 Å². The Kier molecular flexibility index (Phi) is 8.90. The van der Waals surface area contributed by atoms with E-state index in [0.29, 0.717) is 18.3 Å². The van der Waals surface area contributed by atoms with E-state index in [4.69, 9.17) is 4.74 Å². The summed E-state index contributed by atoms with van der Waals surface area (Å²) in [6, 6.07) is 10.3. The maximum absolute atomic E-state index is 11.7. The van der Waals surface area contributed by atoms with Gasteiger partial charge in [-0.2, -0.15) is 11.8 Å². The van der Waals surface area contributed by atoms with Crippen LogP contribution in [0.1, 0.15) is 52.0 Å². The fourth-order valence-corrected chi connectivity index (χ4v) is 3.42. The number of amides is 1. The molecule has 1 aromatic rings. The van der Waals surface area contributed by atoms with Crippen molar-refractivity contribution in [2.24, 2.45) is 0 Å². The standard InChI is InChI=1S/C19H29NO3S/c1-15(16-8-6-5-7-9-16)14-17(24-13-11-21)10-12-23-18(22)20-19(2,3)4/h5-9,11,15,17H,10,12-14H2,1-4H3,(H,20,22). The molecule has 0 aliphatic rings. The number of carbonyl (C=O) groups is 2. The number of benzene rings is 1. The summed E-state index contributed by atoms with van der Waals surface area (Å²) in [5, 5.41) is 3.06. The van der Waals surface area contributed by atoms with Gasteiger partial charge in [0.1, 0.15) is 6.29 Å². The average molecular weight is 352 g/mol. The minimum absolute atomic E-state index is 0.285. The minimum atomic E-state index is -0.391. The Bertz CT molecular complexity index is 499. The van der Waals surface area contributed by atoms with Crippen LogP contribution in [0.4, 0.5) is 4.79 Å². The molecular weight excluding hydrogens is 322 g/mol. The van der Waals surface area contributed by atoms with Crippen LogP contribution in [0, 0.1) is 0 Å². The van der Waals surface area contributed by atoms with Crippen LogP contribution in [0.5, 0.6) is 0 Å². The number of alkyl carbamates (subject to hydrolysis) is 1. The van der Waals surface area contributed by atoms with Crippen molar-refractivity contribution in [3.05, 3.63) is 35.9 Å². The molecule has 0 heterocycles. The first-order valence-electron chi connectivity index (χ1n) is 8.37. The van der Waals surface area contributed by atoms with Crippen LogP contribution in [-0.4, -0.2) is 35.5 Å². The third kappa shape index (κ3) is 8.96. The SMILES string of the molecule is CC(CC(CCOC(=O)NC(C)(C)C)SCC=O)c1ccccc1. The summed E-state index contributed by atoms with van der Waals surface area (Å²) in [5.74, 6) is 0.874. The monoisotopic (exact) mass is 351 g/mol. The molecule has 0 saturated heterocycles. The smallest absolute Gasteiger partial charge is 0.407 e. The largest absolute Gasteiger partial charge is 0.450 e. The van der Waals surface area contributed by atoms with Crippen molar-refractivity contribution in [3.8, 4) is 0 Å². The zero-order chi connectivity index (χ0) is 18.0.